The van der Waals surface area contributed by atoms with Crippen molar-refractivity contribution in [2.75, 3.05) is 7.05 Å². The van der Waals surface area contributed by atoms with Crippen molar-refractivity contribution in [2.24, 2.45) is 0 Å². The number of nitrogens with one attached hydrogen (secondary N) is 1. The fourth-order valence-corrected chi connectivity index (χ4v) is 0.609. The summed E-state index contributed by atoms with van der Waals surface area (Å²) in [6.07, 6.45) is 1.67. The van der Waals surface area contributed by atoms with E-state index in [-0.39, 0.29) is 0 Å². The predicted molar refractivity (Wildman–Crippen MR) is 34.8 cm³/mol. The van der Waals surface area contributed by atoms with Crippen LogP contribution in [0.4, 0.5) is 0 Å². The maximum absolute atomic E-state index is 3.86. The van der Waals surface area contributed by atoms with E-state index in [1.165, 1.54) is 0 Å². The Morgan fingerprint density at radius 2 is 2.56 bits per heavy atom. The zero-order valence-corrected chi connectivity index (χ0v) is 5.33. The molecule has 9 heavy (non-hydrogen) atoms. The van der Waals surface area contributed by atoms with Crippen LogP contribution in [-0.2, 0) is 6.54 Å². The van der Waals surface area contributed by atoms with Crippen LogP contribution in [0.1, 0.15) is 5.69 Å². The summed E-state index contributed by atoms with van der Waals surface area (Å²) in [6.45, 7) is 0.786. The van der Waals surface area contributed by atoms with E-state index in [1.54, 1.807) is 6.20 Å². The number of aromatic nitrogens is 2. The Labute approximate surface area is 54.1 Å². The molecule has 0 saturated heterocycles. The first-order chi connectivity index (χ1) is 4.43. The molecule has 0 fully saturated rings. The van der Waals surface area contributed by atoms with E-state index in [2.05, 4.69) is 15.5 Å². The maximum Gasteiger partial charge on any atom is 0.0768 e. The highest BCUT2D eigenvalue weighted by atomic mass is 15.1. The lowest BCUT2D eigenvalue weighted by Crippen LogP contribution is -2.06. The minimum Gasteiger partial charge on any atom is -0.314 e. The average Bonchev–Trinajstić information content (AvgIpc) is 1.91. The quantitative estimate of drug-likeness (QED) is 0.610. The highest BCUT2D eigenvalue weighted by Gasteiger charge is 1.86. The third kappa shape index (κ3) is 1.77. The Hall–Kier alpha value is -0.960. The van der Waals surface area contributed by atoms with Gasteiger partial charge in [0, 0.05) is 12.7 Å². The molecule has 1 aromatic heterocycles. The van der Waals surface area contributed by atoms with Gasteiger partial charge in [0.2, 0.25) is 0 Å². The van der Waals surface area contributed by atoms with Gasteiger partial charge in [0.15, 0.2) is 0 Å². The lowest BCUT2D eigenvalue weighted by Gasteiger charge is -1.93. The molecular weight excluding hydrogens is 114 g/mol. The van der Waals surface area contributed by atoms with Crippen molar-refractivity contribution in [1.82, 2.24) is 15.5 Å². The molecule has 0 amide bonds. The minimum atomic E-state index is 0.786. The molecule has 0 aliphatic heterocycles. The van der Waals surface area contributed by atoms with E-state index < -0.39 is 0 Å². The van der Waals surface area contributed by atoms with Crippen LogP contribution in [0.5, 0.6) is 0 Å². The second-order valence-electron chi connectivity index (χ2n) is 1.75. The number of hydrogen-bond acceptors (Lipinski definition) is 3. The summed E-state index contributed by atoms with van der Waals surface area (Å²) in [5, 5.41) is 10.6. The largest absolute Gasteiger partial charge is 0.314 e. The highest BCUT2D eigenvalue weighted by molar-refractivity contribution is 4.97. The second kappa shape index (κ2) is 3.14. The smallest absolute Gasteiger partial charge is 0.0768 e. The van der Waals surface area contributed by atoms with Crippen LogP contribution in [0.15, 0.2) is 18.3 Å². The zero-order chi connectivity index (χ0) is 6.53. The molecule has 0 atom stereocenters. The molecule has 0 radical (unpaired) electrons. The van der Waals surface area contributed by atoms with Gasteiger partial charge in [0.25, 0.3) is 0 Å². The predicted octanol–water partition coefficient (Wildman–Crippen LogP) is 0.196. The van der Waals surface area contributed by atoms with Crippen LogP contribution in [0.2, 0.25) is 0 Å². The Kier molecular flexibility index (Phi) is 2.15. The number of rotatable bonds is 2. The summed E-state index contributed by atoms with van der Waals surface area (Å²) in [6, 6.07) is 3.81. The van der Waals surface area contributed by atoms with Crippen molar-refractivity contribution in [3.63, 3.8) is 0 Å². The van der Waals surface area contributed by atoms with E-state index in [0.717, 1.165) is 12.2 Å². The van der Waals surface area contributed by atoms with Gasteiger partial charge in [-0.1, -0.05) is 0 Å². The van der Waals surface area contributed by atoms with Crippen molar-refractivity contribution >= 4 is 0 Å². The molecule has 0 aliphatic rings. The van der Waals surface area contributed by atoms with Crippen molar-refractivity contribution < 1.29 is 0 Å². The van der Waals surface area contributed by atoms with Crippen LogP contribution >= 0.6 is 0 Å². The molecule has 0 aliphatic carbocycles. The van der Waals surface area contributed by atoms with Gasteiger partial charge in [-0.2, -0.15) is 10.2 Å². The van der Waals surface area contributed by atoms with Gasteiger partial charge in [0.1, 0.15) is 0 Å². The van der Waals surface area contributed by atoms with Gasteiger partial charge in [-0.05, 0) is 19.2 Å². The summed E-state index contributed by atoms with van der Waals surface area (Å²) in [7, 11) is 1.88. The number of hydrogen-bond donors (Lipinski definition) is 1. The molecule has 1 rings (SSSR count). The molecule has 0 aromatic carbocycles. The first kappa shape index (κ1) is 6.16. The summed E-state index contributed by atoms with van der Waals surface area (Å²) >= 11 is 0. The fourth-order valence-electron chi connectivity index (χ4n) is 0.609. The van der Waals surface area contributed by atoms with Crippen LogP contribution in [0, 0.1) is 0 Å². The molecular formula is C6H9N3. The summed E-state index contributed by atoms with van der Waals surface area (Å²) < 4.78 is 0. The first-order valence-corrected chi connectivity index (χ1v) is 2.84. The average molecular weight is 123 g/mol. The Bertz CT molecular complexity index is 161. The van der Waals surface area contributed by atoms with E-state index in [1.807, 2.05) is 19.2 Å². The fraction of sp³-hybridized carbons (Fsp3) is 0.333. The molecule has 48 valence electrons. The first-order valence-electron chi connectivity index (χ1n) is 2.84. The highest BCUT2D eigenvalue weighted by Crippen LogP contribution is 1.87. The standard InChI is InChI=1S/C6H9N3/c1-7-5-6-3-2-4-8-9-6/h2-4,7H,5H2,1H3. The van der Waals surface area contributed by atoms with Crippen molar-refractivity contribution in [3.8, 4) is 0 Å². The normalized spacial score (nSPS) is 9.44. The van der Waals surface area contributed by atoms with Crippen molar-refractivity contribution in [1.29, 1.82) is 0 Å². The summed E-state index contributed by atoms with van der Waals surface area (Å²) in [5.41, 5.74) is 0.972. The molecule has 1 aromatic rings. The molecule has 3 nitrogen and oxygen atoms in total. The topological polar surface area (TPSA) is 37.8 Å². The Balaban J connectivity index is 2.61. The molecule has 1 N–H and O–H groups in total. The maximum atomic E-state index is 3.86. The van der Waals surface area contributed by atoms with E-state index >= 15 is 0 Å². The van der Waals surface area contributed by atoms with Crippen LogP contribution in [-0.4, -0.2) is 17.2 Å². The molecule has 3 heteroatoms. The van der Waals surface area contributed by atoms with Gasteiger partial charge >= 0.3 is 0 Å². The Morgan fingerprint density at radius 3 is 3.11 bits per heavy atom. The third-order valence-corrected chi connectivity index (χ3v) is 0.985. The van der Waals surface area contributed by atoms with E-state index in [9.17, 15) is 0 Å². The molecule has 0 spiro atoms. The molecule has 0 unspecified atom stereocenters. The number of nitrogens with zero attached hydrogens (tertiary/aromatic N) is 2. The van der Waals surface area contributed by atoms with Crippen LogP contribution in [0.25, 0.3) is 0 Å². The lowest BCUT2D eigenvalue weighted by molar-refractivity contribution is 0.767. The molecule has 1 heterocycles. The van der Waals surface area contributed by atoms with Crippen LogP contribution < -0.4 is 5.32 Å². The second-order valence-corrected chi connectivity index (χ2v) is 1.75. The minimum absolute atomic E-state index is 0.786. The third-order valence-electron chi connectivity index (χ3n) is 0.985. The summed E-state index contributed by atoms with van der Waals surface area (Å²) in [4.78, 5) is 0. The SMILES string of the molecule is CNCc1cccnn1. The zero-order valence-electron chi connectivity index (χ0n) is 5.33. The molecule has 0 saturated carbocycles. The van der Waals surface area contributed by atoms with E-state index in [4.69, 9.17) is 0 Å². The summed E-state index contributed by atoms with van der Waals surface area (Å²) in [5.74, 6) is 0. The van der Waals surface area contributed by atoms with Gasteiger partial charge in [-0.3, -0.25) is 0 Å². The van der Waals surface area contributed by atoms with Gasteiger partial charge in [-0.25, -0.2) is 0 Å². The van der Waals surface area contributed by atoms with Crippen molar-refractivity contribution in [2.45, 2.75) is 6.54 Å². The van der Waals surface area contributed by atoms with Crippen molar-refractivity contribution in [3.05, 3.63) is 24.0 Å². The van der Waals surface area contributed by atoms with Crippen LogP contribution in [0.3, 0.4) is 0 Å². The van der Waals surface area contributed by atoms with Gasteiger partial charge < -0.3 is 5.32 Å². The van der Waals surface area contributed by atoms with Gasteiger partial charge in [0.05, 0.1) is 5.69 Å². The monoisotopic (exact) mass is 123 g/mol. The molecule has 0 bridgehead atoms. The lowest BCUT2D eigenvalue weighted by atomic mass is 10.4. The van der Waals surface area contributed by atoms with Gasteiger partial charge in [-0.15, -0.1) is 0 Å². The van der Waals surface area contributed by atoms with E-state index in [0.29, 0.717) is 0 Å². The Morgan fingerprint density at radius 1 is 1.67 bits per heavy atom.